The van der Waals surface area contributed by atoms with Crippen LogP contribution in [0, 0.1) is 19.8 Å². The molecule has 0 saturated carbocycles. The van der Waals surface area contributed by atoms with Crippen LogP contribution in [0.4, 0.5) is 5.69 Å². The van der Waals surface area contributed by atoms with E-state index in [1.807, 2.05) is 45.9 Å². The summed E-state index contributed by atoms with van der Waals surface area (Å²) in [5.74, 6) is -0.00787. The van der Waals surface area contributed by atoms with Crippen LogP contribution in [-0.4, -0.2) is 18.4 Å². The van der Waals surface area contributed by atoms with E-state index in [0.717, 1.165) is 11.3 Å². The molecular weight excluding hydrogens is 300 g/mol. The fraction of sp³-hybridized carbons (Fsp3) is 0.300. The molecule has 0 saturated heterocycles. The molecule has 126 valence electrons. The van der Waals surface area contributed by atoms with E-state index in [-0.39, 0.29) is 11.8 Å². The van der Waals surface area contributed by atoms with Gasteiger partial charge in [-0.05, 0) is 61.2 Å². The summed E-state index contributed by atoms with van der Waals surface area (Å²) in [6.45, 7) is 8.71. The Labute approximate surface area is 143 Å². The SMILES string of the molecule is Cc1ccc(NC(=O)c2cccc(C(=O)NCC(C)C)c2)cc1C. The number of carbonyl (C=O) groups is 2. The summed E-state index contributed by atoms with van der Waals surface area (Å²) in [6, 6.07) is 12.5. The van der Waals surface area contributed by atoms with Gasteiger partial charge in [0.25, 0.3) is 11.8 Å². The second-order valence-corrected chi connectivity index (χ2v) is 6.44. The van der Waals surface area contributed by atoms with Gasteiger partial charge >= 0.3 is 0 Å². The van der Waals surface area contributed by atoms with Crippen LogP contribution in [0.3, 0.4) is 0 Å². The third-order valence-electron chi connectivity index (χ3n) is 3.82. The number of hydrogen-bond donors (Lipinski definition) is 2. The molecule has 0 radical (unpaired) electrons. The molecule has 24 heavy (non-hydrogen) atoms. The van der Waals surface area contributed by atoms with Gasteiger partial charge in [-0.1, -0.05) is 26.0 Å². The largest absolute Gasteiger partial charge is 0.352 e. The molecule has 0 aliphatic rings. The average Bonchev–Trinajstić information content (AvgIpc) is 2.56. The number of rotatable bonds is 5. The fourth-order valence-electron chi connectivity index (χ4n) is 2.22. The van der Waals surface area contributed by atoms with Crippen molar-refractivity contribution < 1.29 is 9.59 Å². The lowest BCUT2D eigenvalue weighted by atomic mass is 10.1. The third kappa shape index (κ3) is 4.69. The highest BCUT2D eigenvalue weighted by molar-refractivity contribution is 6.06. The molecule has 0 aliphatic carbocycles. The van der Waals surface area contributed by atoms with E-state index in [1.165, 1.54) is 5.56 Å². The van der Waals surface area contributed by atoms with Crippen LogP contribution in [0.1, 0.15) is 45.7 Å². The lowest BCUT2D eigenvalue weighted by molar-refractivity contribution is 0.0949. The van der Waals surface area contributed by atoms with Crippen LogP contribution in [-0.2, 0) is 0 Å². The van der Waals surface area contributed by atoms with Crippen LogP contribution in [0.25, 0.3) is 0 Å². The second kappa shape index (κ2) is 7.77. The van der Waals surface area contributed by atoms with Crippen molar-refractivity contribution in [1.29, 1.82) is 0 Å². The zero-order chi connectivity index (χ0) is 17.7. The molecule has 4 heteroatoms. The number of carbonyl (C=O) groups excluding carboxylic acids is 2. The predicted octanol–water partition coefficient (Wildman–Crippen LogP) is 3.94. The molecule has 0 heterocycles. The summed E-state index contributed by atoms with van der Waals surface area (Å²) in [4.78, 5) is 24.5. The predicted molar refractivity (Wildman–Crippen MR) is 97.5 cm³/mol. The summed E-state index contributed by atoms with van der Waals surface area (Å²) in [7, 11) is 0. The van der Waals surface area contributed by atoms with Crippen molar-refractivity contribution in [2.24, 2.45) is 5.92 Å². The Balaban J connectivity index is 2.11. The van der Waals surface area contributed by atoms with Gasteiger partial charge in [0, 0.05) is 23.4 Å². The van der Waals surface area contributed by atoms with E-state index in [2.05, 4.69) is 10.6 Å². The minimum Gasteiger partial charge on any atom is -0.352 e. The number of aryl methyl sites for hydroxylation is 2. The van der Waals surface area contributed by atoms with Crippen molar-refractivity contribution in [3.05, 3.63) is 64.7 Å². The zero-order valence-electron chi connectivity index (χ0n) is 14.6. The minimum atomic E-state index is -0.225. The normalized spacial score (nSPS) is 10.5. The molecule has 4 nitrogen and oxygen atoms in total. The minimum absolute atomic E-state index is 0.162. The monoisotopic (exact) mass is 324 g/mol. The molecule has 2 rings (SSSR count). The first kappa shape index (κ1) is 17.7. The maximum absolute atomic E-state index is 12.4. The maximum Gasteiger partial charge on any atom is 0.255 e. The topological polar surface area (TPSA) is 58.2 Å². The van der Waals surface area contributed by atoms with Gasteiger partial charge in [0.1, 0.15) is 0 Å². The quantitative estimate of drug-likeness (QED) is 0.875. The molecule has 0 aromatic heterocycles. The van der Waals surface area contributed by atoms with Gasteiger partial charge in [0.05, 0.1) is 0 Å². The first-order valence-corrected chi connectivity index (χ1v) is 8.13. The van der Waals surface area contributed by atoms with Crippen molar-refractivity contribution in [3.8, 4) is 0 Å². The molecule has 2 aromatic rings. The molecule has 0 spiro atoms. The van der Waals surface area contributed by atoms with Gasteiger partial charge in [-0.15, -0.1) is 0 Å². The molecular formula is C20H24N2O2. The third-order valence-corrected chi connectivity index (χ3v) is 3.82. The van der Waals surface area contributed by atoms with Crippen LogP contribution in [0.2, 0.25) is 0 Å². The van der Waals surface area contributed by atoms with Gasteiger partial charge in [-0.3, -0.25) is 9.59 Å². The van der Waals surface area contributed by atoms with Crippen LogP contribution in [0.5, 0.6) is 0 Å². The standard InChI is InChI=1S/C20H24N2O2/c1-13(2)12-21-19(23)16-6-5-7-17(11-16)20(24)22-18-9-8-14(3)15(4)10-18/h5-11,13H,12H2,1-4H3,(H,21,23)(H,22,24). The molecule has 2 aromatic carbocycles. The van der Waals surface area contributed by atoms with Crippen molar-refractivity contribution in [1.82, 2.24) is 5.32 Å². The van der Waals surface area contributed by atoms with Gasteiger partial charge < -0.3 is 10.6 Å². The van der Waals surface area contributed by atoms with Crippen molar-refractivity contribution in [2.45, 2.75) is 27.7 Å². The van der Waals surface area contributed by atoms with Crippen molar-refractivity contribution in [2.75, 3.05) is 11.9 Å². The lowest BCUT2D eigenvalue weighted by Gasteiger charge is -2.10. The Bertz CT molecular complexity index is 751. The average molecular weight is 324 g/mol. The molecule has 0 atom stereocenters. The Morgan fingerprint density at radius 3 is 2.21 bits per heavy atom. The summed E-state index contributed by atoms with van der Waals surface area (Å²) < 4.78 is 0. The lowest BCUT2D eigenvalue weighted by Crippen LogP contribution is -2.27. The van der Waals surface area contributed by atoms with Gasteiger partial charge in [0.15, 0.2) is 0 Å². The summed E-state index contributed by atoms with van der Waals surface area (Å²) in [5.41, 5.74) is 4.00. The Morgan fingerprint density at radius 1 is 0.917 bits per heavy atom. The van der Waals surface area contributed by atoms with E-state index in [9.17, 15) is 9.59 Å². The van der Waals surface area contributed by atoms with Gasteiger partial charge in [-0.25, -0.2) is 0 Å². The molecule has 0 aliphatic heterocycles. The highest BCUT2D eigenvalue weighted by Crippen LogP contribution is 2.15. The first-order valence-electron chi connectivity index (χ1n) is 8.13. The molecule has 0 bridgehead atoms. The molecule has 2 amide bonds. The maximum atomic E-state index is 12.4. The molecule has 2 N–H and O–H groups in total. The number of amides is 2. The summed E-state index contributed by atoms with van der Waals surface area (Å²) >= 11 is 0. The first-order chi connectivity index (χ1) is 11.4. The summed E-state index contributed by atoms with van der Waals surface area (Å²) in [6.07, 6.45) is 0. The van der Waals surface area contributed by atoms with E-state index in [0.29, 0.717) is 23.6 Å². The molecule has 0 fully saturated rings. The number of anilines is 1. The Hall–Kier alpha value is -2.62. The fourth-order valence-corrected chi connectivity index (χ4v) is 2.22. The second-order valence-electron chi connectivity index (χ2n) is 6.44. The van der Waals surface area contributed by atoms with E-state index < -0.39 is 0 Å². The van der Waals surface area contributed by atoms with Gasteiger partial charge in [-0.2, -0.15) is 0 Å². The smallest absolute Gasteiger partial charge is 0.255 e. The van der Waals surface area contributed by atoms with E-state index >= 15 is 0 Å². The van der Waals surface area contributed by atoms with E-state index in [1.54, 1.807) is 24.3 Å². The Morgan fingerprint density at radius 2 is 1.58 bits per heavy atom. The van der Waals surface area contributed by atoms with Crippen LogP contribution < -0.4 is 10.6 Å². The zero-order valence-corrected chi connectivity index (χ0v) is 14.6. The Kier molecular flexibility index (Phi) is 5.74. The highest BCUT2D eigenvalue weighted by Gasteiger charge is 2.11. The van der Waals surface area contributed by atoms with E-state index in [4.69, 9.17) is 0 Å². The highest BCUT2D eigenvalue weighted by atomic mass is 16.2. The van der Waals surface area contributed by atoms with Gasteiger partial charge in [0.2, 0.25) is 0 Å². The van der Waals surface area contributed by atoms with Crippen molar-refractivity contribution in [3.63, 3.8) is 0 Å². The van der Waals surface area contributed by atoms with Crippen LogP contribution in [0.15, 0.2) is 42.5 Å². The van der Waals surface area contributed by atoms with Crippen molar-refractivity contribution >= 4 is 17.5 Å². The number of hydrogen-bond acceptors (Lipinski definition) is 2. The van der Waals surface area contributed by atoms with Crippen LogP contribution >= 0.6 is 0 Å². The molecule has 0 unspecified atom stereocenters. The number of benzene rings is 2. The number of nitrogens with one attached hydrogen (secondary N) is 2. The summed E-state index contributed by atoms with van der Waals surface area (Å²) in [5, 5.41) is 5.73.